The minimum absolute atomic E-state index is 0.118. The van der Waals surface area contributed by atoms with Gasteiger partial charge >= 0.3 is 0 Å². The first-order chi connectivity index (χ1) is 16.8. The number of nitrogens with two attached hydrogens (primary N) is 1. The first-order valence-electron chi connectivity index (χ1n) is 11.6. The highest BCUT2D eigenvalue weighted by Crippen LogP contribution is 2.36. The number of aromatic amines is 1. The molecule has 1 saturated carbocycles. The van der Waals surface area contributed by atoms with Crippen molar-refractivity contribution in [1.29, 1.82) is 0 Å². The summed E-state index contributed by atoms with van der Waals surface area (Å²) >= 11 is 0. The van der Waals surface area contributed by atoms with Gasteiger partial charge in [0.25, 0.3) is 5.91 Å². The zero-order chi connectivity index (χ0) is 25.0. The highest BCUT2D eigenvalue weighted by atomic mass is 19.3. The second-order valence-electron chi connectivity index (χ2n) is 8.76. The monoisotopic (exact) mass is 484 g/mol. The molecule has 2 fully saturated rings. The smallest absolute Gasteiger partial charge is 0.254 e. The number of nitrogens with one attached hydrogen (secondary N) is 2. The number of H-pyrrole nitrogens is 1. The Morgan fingerprint density at radius 1 is 1.23 bits per heavy atom. The van der Waals surface area contributed by atoms with Crippen LogP contribution >= 0.6 is 0 Å². The summed E-state index contributed by atoms with van der Waals surface area (Å²) in [6.45, 7) is 2.64. The summed E-state index contributed by atoms with van der Waals surface area (Å²) in [6, 6.07) is 5.69. The number of likely N-dealkylation sites (tertiary alicyclic amines) is 1. The third kappa shape index (κ3) is 5.56. The van der Waals surface area contributed by atoms with E-state index in [9.17, 15) is 13.6 Å². The number of hydrogen-bond donors (Lipinski definition) is 3. The number of halogens is 2. The predicted octanol–water partition coefficient (Wildman–Crippen LogP) is 3.93. The molecular formula is C24H30F2N8O. The van der Waals surface area contributed by atoms with Crippen LogP contribution in [-0.4, -0.2) is 68.5 Å². The Kier molecular flexibility index (Phi) is 7.25. The van der Waals surface area contributed by atoms with E-state index in [4.69, 9.17) is 5.73 Å². The normalized spacial score (nSPS) is 16.7. The Labute approximate surface area is 201 Å². The highest BCUT2D eigenvalue weighted by Gasteiger charge is 2.36. The largest absolute Gasteiger partial charge is 0.373 e. The maximum atomic E-state index is 11.6. The lowest BCUT2D eigenvalue weighted by Gasteiger charge is -2.23. The van der Waals surface area contributed by atoms with Gasteiger partial charge in [0.1, 0.15) is 17.0 Å². The molecule has 35 heavy (non-hydrogen) atoms. The van der Waals surface area contributed by atoms with Gasteiger partial charge in [-0.2, -0.15) is 9.61 Å². The molecular weight excluding hydrogens is 454 g/mol. The third-order valence-corrected chi connectivity index (χ3v) is 6.14. The summed E-state index contributed by atoms with van der Waals surface area (Å²) in [6.07, 6.45) is 8.77. The lowest BCUT2D eigenvalue weighted by molar-refractivity contribution is -0.0717. The standard InChI is InChI=1S/C15H13N7O.C5H11N.C4H6F2/c1-17-12-5-11(9-6-19-14-8(9)3-2-4-18-14)21-15-10(13(16)23)7-20-22(12)15;1-6-4-2-3-5-6;5-4(6)2-1-3-4/h2-7,17H,1H3,(H2,16,23)(H,18,19);2-5H2,1H3;1-3H2. The zero-order valence-electron chi connectivity index (χ0n) is 19.9. The van der Waals surface area contributed by atoms with E-state index >= 15 is 0 Å². The van der Waals surface area contributed by atoms with E-state index in [0.717, 1.165) is 16.6 Å². The molecule has 1 aliphatic heterocycles. The van der Waals surface area contributed by atoms with Gasteiger partial charge in [0, 0.05) is 49.3 Å². The van der Waals surface area contributed by atoms with Gasteiger partial charge in [-0.15, -0.1) is 0 Å². The van der Waals surface area contributed by atoms with Crippen molar-refractivity contribution in [3.63, 3.8) is 0 Å². The Hall–Kier alpha value is -3.60. The fourth-order valence-electron chi connectivity index (χ4n) is 3.94. The fourth-order valence-corrected chi connectivity index (χ4v) is 3.94. The van der Waals surface area contributed by atoms with Crippen molar-refractivity contribution in [3.8, 4) is 11.3 Å². The maximum absolute atomic E-state index is 11.6. The fraction of sp³-hybridized carbons (Fsp3) is 0.417. The molecule has 4 aromatic rings. The molecule has 0 aromatic carbocycles. The number of carbonyl (C=O) groups is 1. The molecule has 9 nitrogen and oxygen atoms in total. The van der Waals surface area contributed by atoms with Crippen LogP contribution < -0.4 is 11.1 Å². The number of primary amides is 1. The summed E-state index contributed by atoms with van der Waals surface area (Å²) < 4.78 is 24.6. The van der Waals surface area contributed by atoms with E-state index in [0.29, 0.717) is 23.6 Å². The summed E-state index contributed by atoms with van der Waals surface area (Å²) in [7, 11) is 3.95. The van der Waals surface area contributed by atoms with Crippen molar-refractivity contribution in [3.05, 3.63) is 42.4 Å². The molecule has 11 heteroatoms. The number of pyridine rings is 1. The highest BCUT2D eigenvalue weighted by molar-refractivity contribution is 5.99. The Morgan fingerprint density at radius 3 is 2.49 bits per heavy atom. The molecule has 0 bridgehead atoms. The summed E-state index contributed by atoms with van der Waals surface area (Å²) in [5, 5.41) is 8.17. The van der Waals surface area contributed by atoms with Crippen LogP contribution in [0.2, 0.25) is 0 Å². The first-order valence-corrected chi connectivity index (χ1v) is 11.6. The van der Waals surface area contributed by atoms with Crippen LogP contribution in [0.3, 0.4) is 0 Å². The molecule has 4 aromatic heterocycles. The number of carbonyl (C=O) groups excluding carboxylic acids is 1. The molecule has 1 saturated heterocycles. The van der Waals surface area contributed by atoms with Crippen LogP contribution in [0.15, 0.2) is 36.8 Å². The Balaban J connectivity index is 0.000000196. The quantitative estimate of drug-likeness (QED) is 0.406. The van der Waals surface area contributed by atoms with Crippen LogP contribution in [0.1, 0.15) is 42.5 Å². The van der Waals surface area contributed by atoms with Crippen molar-refractivity contribution in [1.82, 2.24) is 29.5 Å². The molecule has 2 aliphatic rings. The molecule has 6 rings (SSSR count). The van der Waals surface area contributed by atoms with Gasteiger partial charge in [0.05, 0.1) is 11.9 Å². The van der Waals surface area contributed by atoms with Crippen LogP contribution in [-0.2, 0) is 0 Å². The van der Waals surface area contributed by atoms with Crippen LogP contribution in [0.4, 0.5) is 14.6 Å². The van der Waals surface area contributed by atoms with Gasteiger partial charge in [-0.25, -0.2) is 18.7 Å². The number of rotatable bonds is 3. The van der Waals surface area contributed by atoms with E-state index in [2.05, 4.69) is 37.3 Å². The average Bonchev–Trinajstić information content (AvgIpc) is 3.57. The topological polar surface area (TPSA) is 117 Å². The molecule has 1 aliphatic carbocycles. The lowest BCUT2D eigenvalue weighted by atomic mass is 9.95. The van der Waals surface area contributed by atoms with Crippen LogP contribution in [0.25, 0.3) is 27.9 Å². The number of nitrogens with zero attached hydrogens (tertiary/aromatic N) is 5. The number of aromatic nitrogens is 5. The number of amides is 1. The van der Waals surface area contributed by atoms with Gasteiger partial charge in [-0.05, 0) is 51.5 Å². The molecule has 0 unspecified atom stereocenters. The van der Waals surface area contributed by atoms with Crippen LogP contribution in [0, 0.1) is 0 Å². The van der Waals surface area contributed by atoms with Crippen molar-refractivity contribution in [2.24, 2.45) is 5.73 Å². The molecule has 0 atom stereocenters. The number of hydrogen-bond acceptors (Lipinski definition) is 6. The maximum Gasteiger partial charge on any atom is 0.254 e. The van der Waals surface area contributed by atoms with E-state index < -0.39 is 11.8 Å². The molecule has 5 heterocycles. The zero-order valence-corrected chi connectivity index (χ0v) is 19.9. The van der Waals surface area contributed by atoms with Gasteiger partial charge in [-0.1, -0.05) is 0 Å². The SMILES string of the molecule is CN1CCCC1.CNc1cc(-c2c[nH]c3ncccc23)nc2c(C(N)=O)cnn12.FC1(F)CCC1. The van der Waals surface area contributed by atoms with Gasteiger partial charge < -0.3 is 20.9 Å². The van der Waals surface area contributed by atoms with Crippen molar-refractivity contribution in [2.45, 2.75) is 38.0 Å². The summed E-state index contributed by atoms with van der Waals surface area (Å²) in [5.74, 6) is -2.14. The molecule has 186 valence electrons. The summed E-state index contributed by atoms with van der Waals surface area (Å²) in [5.41, 5.74) is 8.47. The van der Waals surface area contributed by atoms with Gasteiger partial charge in [0.15, 0.2) is 5.65 Å². The van der Waals surface area contributed by atoms with Crippen molar-refractivity contribution < 1.29 is 13.6 Å². The van der Waals surface area contributed by atoms with Gasteiger partial charge in [-0.3, -0.25) is 4.79 Å². The number of alkyl halides is 2. The third-order valence-electron chi connectivity index (χ3n) is 6.14. The Morgan fingerprint density at radius 2 is 1.94 bits per heavy atom. The van der Waals surface area contributed by atoms with E-state index in [-0.39, 0.29) is 18.4 Å². The minimum atomic E-state index is -2.28. The van der Waals surface area contributed by atoms with Crippen molar-refractivity contribution in [2.75, 3.05) is 32.5 Å². The Bertz CT molecular complexity index is 1300. The lowest BCUT2D eigenvalue weighted by Crippen LogP contribution is -2.24. The second-order valence-corrected chi connectivity index (χ2v) is 8.76. The number of anilines is 1. The van der Waals surface area contributed by atoms with E-state index in [1.165, 1.54) is 32.1 Å². The predicted molar refractivity (Wildman–Crippen MR) is 132 cm³/mol. The number of fused-ring (bicyclic) bond motifs is 2. The second kappa shape index (κ2) is 10.3. The summed E-state index contributed by atoms with van der Waals surface area (Å²) in [4.78, 5) is 25.9. The molecule has 4 N–H and O–H groups in total. The van der Waals surface area contributed by atoms with Crippen LogP contribution in [0.5, 0.6) is 0 Å². The average molecular weight is 485 g/mol. The molecule has 1 amide bonds. The van der Waals surface area contributed by atoms with Gasteiger partial charge in [0.2, 0.25) is 5.92 Å². The first kappa shape index (κ1) is 24.5. The minimum Gasteiger partial charge on any atom is -0.373 e. The molecule has 0 spiro atoms. The molecule has 0 radical (unpaired) electrons. The van der Waals surface area contributed by atoms with E-state index in [1.807, 2.05) is 24.4 Å². The van der Waals surface area contributed by atoms with Crippen molar-refractivity contribution >= 4 is 28.4 Å². The van der Waals surface area contributed by atoms with E-state index in [1.54, 1.807) is 17.8 Å².